The molecular formula is C6H6F8O2. The molecule has 1 atom stereocenters. The molecule has 0 aromatic rings. The van der Waals surface area contributed by atoms with E-state index in [1.807, 2.05) is 0 Å². The van der Waals surface area contributed by atoms with Crippen LogP contribution in [0.3, 0.4) is 0 Å². The third kappa shape index (κ3) is 2.08. The fraction of sp³-hybridized carbons (Fsp3) is 1.00. The Morgan fingerprint density at radius 3 is 1.56 bits per heavy atom. The smallest absolute Gasteiger partial charge is 0.363 e. The standard InChI is InChI=1S/C6H6F8O2/c1-16-3(15)5(11,12)6(13,14)4(9,10)2(7)8/h2-3,15H,1H3. The quantitative estimate of drug-likeness (QED) is 0.607. The highest BCUT2D eigenvalue weighted by Gasteiger charge is 2.77. The summed E-state index contributed by atoms with van der Waals surface area (Å²) < 4.78 is 101. The van der Waals surface area contributed by atoms with Crippen LogP contribution in [-0.4, -0.2) is 42.7 Å². The summed E-state index contributed by atoms with van der Waals surface area (Å²) in [7, 11) is 0.315. The third-order valence-corrected chi connectivity index (χ3v) is 1.64. The van der Waals surface area contributed by atoms with Crippen LogP contribution in [0.15, 0.2) is 0 Å². The number of aliphatic hydroxyl groups excluding tert-OH is 1. The normalized spacial score (nSPS) is 16.7. The minimum absolute atomic E-state index is 0.315. The molecule has 1 N–H and O–H groups in total. The van der Waals surface area contributed by atoms with E-state index in [2.05, 4.69) is 4.74 Å². The van der Waals surface area contributed by atoms with Crippen LogP contribution in [0, 0.1) is 0 Å². The van der Waals surface area contributed by atoms with Crippen LogP contribution in [-0.2, 0) is 4.74 Å². The average Bonchev–Trinajstić information content (AvgIpc) is 2.15. The van der Waals surface area contributed by atoms with E-state index in [4.69, 9.17) is 5.11 Å². The van der Waals surface area contributed by atoms with E-state index in [1.165, 1.54) is 0 Å². The first-order chi connectivity index (χ1) is 6.92. The third-order valence-electron chi connectivity index (χ3n) is 1.64. The molecule has 2 nitrogen and oxygen atoms in total. The number of alkyl halides is 8. The molecule has 0 saturated heterocycles. The maximum atomic E-state index is 12.5. The Balaban J connectivity index is 5.34. The van der Waals surface area contributed by atoms with E-state index < -0.39 is 30.5 Å². The minimum Gasteiger partial charge on any atom is -0.363 e. The van der Waals surface area contributed by atoms with Gasteiger partial charge in [-0.1, -0.05) is 0 Å². The SMILES string of the molecule is COC(O)C(F)(F)C(F)(F)C(F)(F)C(F)F. The number of hydrogen-bond donors (Lipinski definition) is 1. The zero-order valence-electron chi connectivity index (χ0n) is 7.53. The van der Waals surface area contributed by atoms with Gasteiger partial charge in [-0.15, -0.1) is 0 Å². The van der Waals surface area contributed by atoms with Gasteiger partial charge in [0.15, 0.2) is 0 Å². The van der Waals surface area contributed by atoms with Crippen molar-refractivity contribution >= 4 is 0 Å². The van der Waals surface area contributed by atoms with E-state index in [1.54, 1.807) is 0 Å². The second kappa shape index (κ2) is 4.32. The molecule has 0 aliphatic rings. The van der Waals surface area contributed by atoms with Crippen LogP contribution in [0.25, 0.3) is 0 Å². The van der Waals surface area contributed by atoms with Gasteiger partial charge in [-0.25, -0.2) is 8.78 Å². The molecule has 98 valence electrons. The predicted molar refractivity (Wildman–Crippen MR) is 33.9 cm³/mol. The molecule has 0 aromatic heterocycles. The van der Waals surface area contributed by atoms with Crippen molar-refractivity contribution in [2.45, 2.75) is 30.5 Å². The predicted octanol–water partition coefficient (Wildman–Crippen LogP) is 2.12. The van der Waals surface area contributed by atoms with Crippen LogP contribution in [0.5, 0.6) is 0 Å². The molecule has 0 radical (unpaired) electrons. The van der Waals surface area contributed by atoms with Gasteiger partial charge in [0.1, 0.15) is 0 Å². The first kappa shape index (κ1) is 15.4. The minimum atomic E-state index is -6.45. The van der Waals surface area contributed by atoms with Crippen LogP contribution in [0.1, 0.15) is 0 Å². The van der Waals surface area contributed by atoms with Gasteiger partial charge in [-0.05, 0) is 0 Å². The Bertz CT molecular complexity index is 241. The van der Waals surface area contributed by atoms with Crippen LogP contribution in [0.4, 0.5) is 35.1 Å². The number of rotatable bonds is 5. The molecule has 16 heavy (non-hydrogen) atoms. The molecule has 0 aromatic carbocycles. The van der Waals surface area contributed by atoms with Crippen molar-refractivity contribution in [2.24, 2.45) is 0 Å². The second-order valence-electron chi connectivity index (χ2n) is 2.71. The summed E-state index contributed by atoms with van der Waals surface area (Å²) >= 11 is 0. The van der Waals surface area contributed by atoms with E-state index in [-0.39, 0.29) is 0 Å². The molecule has 0 fully saturated rings. The Morgan fingerprint density at radius 1 is 0.938 bits per heavy atom. The van der Waals surface area contributed by atoms with Gasteiger partial charge in [0, 0.05) is 7.11 Å². The summed E-state index contributed by atoms with van der Waals surface area (Å²) in [5.41, 5.74) is 0. The summed E-state index contributed by atoms with van der Waals surface area (Å²) in [4.78, 5) is 0. The Kier molecular flexibility index (Phi) is 4.15. The molecule has 0 bridgehead atoms. The van der Waals surface area contributed by atoms with Crippen molar-refractivity contribution in [1.82, 2.24) is 0 Å². The second-order valence-corrected chi connectivity index (χ2v) is 2.71. The molecule has 0 spiro atoms. The van der Waals surface area contributed by atoms with Gasteiger partial charge in [-0.3, -0.25) is 0 Å². The van der Waals surface area contributed by atoms with Crippen LogP contribution >= 0.6 is 0 Å². The van der Waals surface area contributed by atoms with Gasteiger partial charge in [0.25, 0.3) is 0 Å². The summed E-state index contributed by atoms with van der Waals surface area (Å²) in [5, 5.41) is 8.24. The van der Waals surface area contributed by atoms with E-state index >= 15 is 0 Å². The lowest BCUT2D eigenvalue weighted by molar-refractivity contribution is -0.381. The van der Waals surface area contributed by atoms with Crippen LogP contribution < -0.4 is 0 Å². The average molecular weight is 262 g/mol. The topological polar surface area (TPSA) is 29.5 Å². The Labute approximate surface area is 83.8 Å². The zero-order valence-corrected chi connectivity index (χ0v) is 7.53. The van der Waals surface area contributed by atoms with Crippen molar-refractivity contribution in [3.63, 3.8) is 0 Å². The molecule has 0 saturated carbocycles. The lowest BCUT2D eigenvalue weighted by atomic mass is 10.0. The van der Waals surface area contributed by atoms with Gasteiger partial charge < -0.3 is 9.84 Å². The van der Waals surface area contributed by atoms with E-state index in [0.717, 1.165) is 0 Å². The van der Waals surface area contributed by atoms with Gasteiger partial charge >= 0.3 is 24.2 Å². The summed E-state index contributed by atoms with van der Waals surface area (Å²) in [6, 6.07) is 0. The molecule has 0 amide bonds. The first-order valence-corrected chi connectivity index (χ1v) is 3.55. The summed E-state index contributed by atoms with van der Waals surface area (Å²) in [5.74, 6) is -18.6. The lowest BCUT2D eigenvalue weighted by Crippen LogP contribution is -2.62. The Morgan fingerprint density at radius 2 is 1.31 bits per heavy atom. The highest BCUT2D eigenvalue weighted by molar-refractivity contribution is 4.99. The van der Waals surface area contributed by atoms with E-state index in [9.17, 15) is 35.1 Å². The highest BCUT2D eigenvalue weighted by atomic mass is 19.4. The van der Waals surface area contributed by atoms with Gasteiger partial charge in [-0.2, -0.15) is 26.3 Å². The fourth-order valence-electron chi connectivity index (χ4n) is 0.662. The molecular weight excluding hydrogens is 256 g/mol. The number of hydrogen-bond acceptors (Lipinski definition) is 2. The maximum Gasteiger partial charge on any atom is 0.383 e. The number of aliphatic hydroxyl groups is 1. The van der Waals surface area contributed by atoms with Crippen molar-refractivity contribution < 1.29 is 45.0 Å². The largest absolute Gasteiger partial charge is 0.383 e. The molecule has 10 heteroatoms. The monoisotopic (exact) mass is 262 g/mol. The number of halogens is 8. The van der Waals surface area contributed by atoms with E-state index in [0.29, 0.717) is 7.11 Å². The number of methoxy groups -OCH3 is 1. The maximum absolute atomic E-state index is 12.5. The summed E-state index contributed by atoms with van der Waals surface area (Å²) in [6.45, 7) is 0. The molecule has 0 aliphatic heterocycles. The van der Waals surface area contributed by atoms with Crippen molar-refractivity contribution in [1.29, 1.82) is 0 Å². The van der Waals surface area contributed by atoms with Gasteiger partial charge in [0.2, 0.25) is 6.29 Å². The number of ether oxygens (including phenoxy) is 1. The Hall–Kier alpha value is -0.640. The lowest BCUT2D eigenvalue weighted by Gasteiger charge is -2.33. The fourth-order valence-corrected chi connectivity index (χ4v) is 0.662. The molecule has 0 aliphatic carbocycles. The highest BCUT2D eigenvalue weighted by Crippen LogP contribution is 2.49. The first-order valence-electron chi connectivity index (χ1n) is 3.55. The van der Waals surface area contributed by atoms with Crippen molar-refractivity contribution in [2.75, 3.05) is 7.11 Å². The van der Waals surface area contributed by atoms with Crippen LogP contribution in [0.2, 0.25) is 0 Å². The van der Waals surface area contributed by atoms with Crippen molar-refractivity contribution in [3.05, 3.63) is 0 Å². The van der Waals surface area contributed by atoms with Crippen molar-refractivity contribution in [3.8, 4) is 0 Å². The summed E-state index contributed by atoms with van der Waals surface area (Å²) in [6.07, 6.45) is -8.65. The zero-order chi connectivity index (χ0) is 13.4. The molecule has 0 heterocycles. The molecule has 1 unspecified atom stereocenters. The molecule has 0 rings (SSSR count). The van der Waals surface area contributed by atoms with Gasteiger partial charge in [0.05, 0.1) is 0 Å².